The Morgan fingerprint density at radius 1 is 1.17 bits per heavy atom. The molecule has 2 aromatic heterocycles. The summed E-state index contributed by atoms with van der Waals surface area (Å²) in [6.07, 6.45) is 1.33. The Balaban J connectivity index is 1.60. The van der Waals surface area contributed by atoms with E-state index >= 15 is 0 Å². The maximum Gasteiger partial charge on any atom is 0.333 e. The van der Waals surface area contributed by atoms with Gasteiger partial charge in [0.2, 0.25) is 0 Å². The monoisotopic (exact) mass is 436 g/mol. The summed E-state index contributed by atoms with van der Waals surface area (Å²) in [5.41, 5.74) is 0.627. The fraction of sp³-hybridized carbons (Fsp3) is 0.333. The zero-order valence-electron chi connectivity index (χ0n) is 15.2. The minimum absolute atomic E-state index is 0.295. The standard InChI is InChI=1S/C18H20N4O5S2/c19-29(25,26)27-9-11-8-14(16(24)15(11)23)22-7-6-13-17(22)20-10-21-18(13)28-12-4-2-1-3-5-12/h1-7,10-11,14-16,23-24H,8-9H2,(H2,19,25,26)/t11-,14+,15+,16-/m0/s1. The molecule has 1 aliphatic carbocycles. The van der Waals surface area contributed by atoms with Crippen molar-refractivity contribution in [1.29, 1.82) is 0 Å². The van der Waals surface area contributed by atoms with Crippen molar-refractivity contribution in [2.75, 3.05) is 6.61 Å². The third-order valence-corrected chi connectivity index (χ3v) is 6.50. The first-order valence-electron chi connectivity index (χ1n) is 8.91. The first kappa shape index (κ1) is 20.3. The number of rotatable bonds is 6. The van der Waals surface area contributed by atoms with E-state index in [1.54, 1.807) is 10.8 Å². The summed E-state index contributed by atoms with van der Waals surface area (Å²) in [5.74, 6) is -0.578. The van der Waals surface area contributed by atoms with Crippen LogP contribution in [0.25, 0.3) is 11.0 Å². The van der Waals surface area contributed by atoms with Crippen LogP contribution in [0.4, 0.5) is 0 Å². The van der Waals surface area contributed by atoms with Gasteiger partial charge < -0.3 is 14.8 Å². The molecule has 0 amide bonds. The van der Waals surface area contributed by atoms with Gasteiger partial charge in [0, 0.05) is 17.0 Å². The highest BCUT2D eigenvalue weighted by molar-refractivity contribution is 7.99. The summed E-state index contributed by atoms with van der Waals surface area (Å²) in [5, 5.41) is 27.3. The maximum atomic E-state index is 11.0. The molecule has 0 aliphatic heterocycles. The summed E-state index contributed by atoms with van der Waals surface area (Å²) in [6.45, 7) is -0.295. The predicted octanol–water partition coefficient (Wildman–Crippen LogP) is 1.09. The van der Waals surface area contributed by atoms with Crippen LogP contribution >= 0.6 is 11.8 Å². The van der Waals surface area contributed by atoms with E-state index in [9.17, 15) is 18.6 Å². The number of nitrogens with zero attached hydrogens (tertiary/aromatic N) is 3. The van der Waals surface area contributed by atoms with Crippen LogP contribution in [-0.4, -0.2) is 52.0 Å². The highest BCUT2D eigenvalue weighted by Crippen LogP contribution is 2.39. The molecule has 1 aliphatic rings. The van der Waals surface area contributed by atoms with Crippen LogP contribution in [0.15, 0.2) is 58.8 Å². The molecule has 0 bridgehead atoms. The van der Waals surface area contributed by atoms with Crippen molar-refractivity contribution in [2.24, 2.45) is 11.1 Å². The van der Waals surface area contributed by atoms with Gasteiger partial charge in [-0.3, -0.25) is 4.18 Å². The molecular formula is C18H20N4O5S2. The molecule has 1 saturated carbocycles. The van der Waals surface area contributed by atoms with Gasteiger partial charge in [-0.1, -0.05) is 30.0 Å². The highest BCUT2D eigenvalue weighted by atomic mass is 32.2. The second-order valence-corrected chi connectivity index (χ2v) is 9.16. The lowest BCUT2D eigenvalue weighted by atomic mass is 10.1. The quantitative estimate of drug-likeness (QED) is 0.488. The third-order valence-electron chi connectivity index (χ3n) is 5.01. The maximum absolute atomic E-state index is 11.0. The third kappa shape index (κ3) is 4.29. The Kier molecular flexibility index (Phi) is 5.60. The molecule has 4 atom stereocenters. The lowest BCUT2D eigenvalue weighted by Crippen LogP contribution is -2.31. The number of aromatic nitrogens is 3. The van der Waals surface area contributed by atoms with Crippen molar-refractivity contribution in [3.63, 3.8) is 0 Å². The second-order valence-electron chi connectivity index (χ2n) is 6.88. The number of hydrogen-bond donors (Lipinski definition) is 3. The molecule has 1 fully saturated rings. The number of aliphatic hydroxyl groups excluding tert-OH is 2. The van der Waals surface area contributed by atoms with Gasteiger partial charge in [-0.25, -0.2) is 15.1 Å². The van der Waals surface area contributed by atoms with Crippen LogP contribution < -0.4 is 5.14 Å². The first-order chi connectivity index (χ1) is 13.8. The van der Waals surface area contributed by atoms with Gasteiger partial charge in [-0.15, -0.1) is 0 Å². The fourth-order valence-corrected chi connectivity index (χ4v) is 4.87. The van der Waals surface area contributed by atoms with E-state index in [0.717, 1.165) is 15.3 Å². The number of aliphatic hydroxyl groups is 2. The van der Waals surface area contributed by atoms with E-state index in [4.69, 9.17) is 5.14 Å². The minimum atomic E-state index is -4.12. The Bertz CT molecular complexity index is 1110. The van der Waals surface area contributed by atoms with Crippen molar-refractivity contribution in [2.45, 2.75) is 34.6 Å². The van der Waals surface area contributed by atoms with E-state index in [0.29, 0.717) is 12.1 Å². The van der Waals surface area contributed by atoms with E-state index in [1.165, 1.54) is 18.1 Å². The molecule has 154 valence electrons. The van der Waals surface area contributed by atoms with Crippen molar-refractivity contribution >= 4 is 33.1 Å². The lowest BCUT2D eigenvalue weighted by Gasteiger charge is -2.19. The fourth-order valence-electron chi connectivity index (χ4n) is 3.62. The summed E-state index contributed by atoms with van der Waals surface area (Å²) >= 11 is 1.51. The molecule has 11 heteroatoms. The van der Waals surface area contributed by atoms with E-state index in [1.807, 2.05) is 36.4 Å². The van der Waals surface area contributed by atoms with E-state index in [-0.39, 0.29) is 6.61 Å². The van der Waals surface area contributed by atoms with Gasteiger partial charge >= 0.3 is 10.3 Å². The highest BCUT2D eigenvalue weighted by Gasteiger charge is 2.43. The lowest BCUT2D eigenvalue weighted by molar-refractivity contribution is -0.000934. The average molecular weight is 437 g/mol. The smallest absolute Gasteiger partial charge is 0.333 e. The molecule has 4 rings (SSSR count). The van der Waals surface area contributed by atoms with Crippen LogP contribution in [-0.2, 0) is 14.5 Å². The molecule has 0 radical (unpaired) electrons. The summed E-state index contributed by atoms with van der Waals surface area (Å²) in [7, 11) is -4.12. The van der Waals surface area contributed by atoms with Crippen LogP contribution in [0, 0.1) is 5.92 Å². The molecule has 0 saturated heterocycles. The van der Waals surface area contributed by atoms with Crippen LogP contribution in [0.1, 0.15) is 12.5 Å². The Labute approximate surface area is 171 Å². The van der Waals surface area contributed by atoms with Crippen LogP contribution in [0.2, 0.25) is 0 Å². The zero-order valence-corrected chi connectivity index (χ0v) is 16.8. The van der Waals surface area contributed by atoms with Gasteiger partial charge in [0.05, 0.1) is 24.1 Å². The van der Waals surface area contributed by atoms with E-state index in [2.05, 4.69) is 14.2 Å². The van der Waals surface area contributed by atoms with Crippen molar-refractivity contribution in [3.8, 4) is 0 Å². The summed E-state index contributed by atoms with van der Waals surface area (Å²) in [6, 6.07) is 11.2. The van der Waals surface area contributed by atoms with E-state index < -0.39 is 34.5 Å². The number of hydrogen-bond acceptors (Lipinski definition) is 8. The van der Waals surface area contributed by atoms with Gasteiger partial charge in [0.15, 0.2) is 0 Å². The topological polar surface area (TPSA) is 141 Å². The Morgan fingerprint density at radius 2 is 1.93 bits per heavy atom. The second kappa shape index (κ2) is 8.01. The summed E-state index contributed by atoms with van der Waals surface area (Å²) in [4.78, 5) is 9.77. The summed E-state index contributed by atoms with van der Waals surface area (Å²) < 4.78 is 28.5. The first-order valence-corrected chi connectivity index (χ1v) is 11.2. The molecular weight excluding hydrogens is 416 g/mol. The van der Waals surface area contributed by atoms with Crippen molar-refractivity contribution < 1.29 is 22.8 Å². The van der Waals surface area contributed by atoms with Gasteiger partial charge in [0.25, 0.3) is 0 Å². The molecule has 0 spiro atoms. The molecule has 2 heterocycles. The van der Waals surface area contributed by atoms with Gasteiger partial charge in [-0.2, -0.15) is 8.42 Å². The largest absolute Gasteiger partial charge is 0.390 e. The van der Waals surface area contributed by atoms with Gasteiger partial charge in [0.1, 0.15) is 23.1 Å². The van der Waals surface area contributed by atoms with Crippen molar-refractivity contribution in [1.82, 2.24) is 14.5 Å². The number of benzene rings is 1. The SMILES string of the molecule is NS(=O)(=O)OC[C@@H]1C[C@@H](n2ccc3c(Sc4ccccc4)ncnc32)[C@H](O)[C@@H]1O. The molecule has 0 unspecified atom stereocenters. The average Bonchev–Trinajstić information content (AvgIpc) is 3.23. The Hall–Kier alpha value is -2.02. The predicted molar refractivity (Wildman–Crippen MR) is 106 cm³/mol. The zero-order chi connectivity index (χ0) is 20.6. The molecule has 3 aromatic rings. The minimum Gasteiger partial charge on any atom is -0.390 e. The Morgan fingerprint density at radius 3 is 2.66 bits per heavy atom. The molecule has 9 nitrogen and oxygen atoms in total. The number of fused-ring (bicyclic) bond motifs is 1. The van der Waals surface area contributed by atoms with Crippen molar-refractivity contribution in [3.05, 3.63) is 48.9 Å². The molecule has 4 N–H and O–H groups in total. The van der Waals surface area contributed by atoms with Gasteiger partial charge in [-0.05, 0) is 24.6 Å². The number of nitrogens with two attached hydrogens (primary N) is 1. The molecule has 29 heavy (non-hydrogen) atoms. The normalized spacial score (nSPS) is 24.9. The van der Waals surface area contributed by atoms with Crippen LogP contribution in [0.5, 0.6) is 0 Å². The van der Waals surface area contributed by atoms with Crippen LogP contribution in [0.3, 0.4) is 0 Å². The molecule has 1 aromatic carbocycles.